The van der Waals surface area contributed by atoms with Gasteiger partial charge in [-0.15, -0.1) is 0 Å². The largest absolute Gasteiger partial charge is 0.417 e. The van der Waals surface area contributed by atoms with Gasteiger partial charge >= 0.3 is 0 Å². The molecule has 1 N–H and O–H groups in total. The lowest BCUT2D eigenvalue weighted by Gasteiger charge is -2.41. The number of hydrogen-bond acceptors (Lipinski definition) is 3. The molecule has 0 saturated heterocycles. The van der Waals surface area contributed by atoms with E-state index in [0.717, 1.165) is 13.0 Å². The van der Waals surface area contributed by atoms with Crippen molar-refractivity contribution in [1.82, 2.24) is 0 Å². The summed E-state index contributed by atoms with van der Waals surface area (Å²) in [5.41, 5.74) is 0. The van der Waals surface area contributed by atoms with Gasteiger partial charge in [-0.2, -0.15) is 0 Å². The van der Waals surface area contributed by atoms with Crippen LogP contribution in [0.2, 0.25) is 36.3 Å². The van der Waals surface area contributed by atoms with Gasteiger partial charge in [0.2, 0.25) is 0 Å². The predicted molar refractivity (Wildman–Crippen MR) is 106 cm³/mol. The fraction of sp³-hybridized carbons (Fsp3) is 1.00. The number of aliphatic hydroxyl groups excluding tert-OH is 1. The minimum Gasteiger partial charge on any atom is -0.417 e. The molecule has 0 radical (unpaired) electrons. The maximum absolute atomic E-state index is 9.60. The average molecular weight is 363 g/mol. The maximum Gasteiger partial charge on any atom is 0.192 e. The molecule has 0 fully saturated rings. The van der Waals surface area contributed by atoms with Crippen LogP contribution >= 0.6 is 0 Å². The quantitative estimate of drug-likeness (QED) is 0.586. The van der Waals surface area contributed by atoms with E-state index in [9.17, 15) is 5.11 Å². The zero-order chi connectivity index (χ0) is 18.7. The summed E-state index contributed by atoms with van der Waals surface area (Å²) < 4.78 is 12.9. The number of hydrogen-bond donors (Lipinski definition) is 1. The molecule has 0 aliphatic rings. The van der Waals surface area contributed by atoms with Crippen molar-refractivity contribution in [3.63, 3.8) is 0 Å². The van der Waals surface area contributed by atoms with Crippen LogP contribution in [0.15, 0.2) is 0 Å². The molecule has 0 bridgehead atoms. The Balaban J connectivity index is 4.85. The third kappa shape index (κ3) is 6.98. The van der Waals surface area contributed by atoms with E-state index in [2.05, 4.69) is 74.7 Å². The van der Waals surface area contributed by atoms with Crippen molar-refractivity contribution in [2.24, 2.45) is 5.92 Å². The molecule has 0 aromatic heterocycles. The van der Waals surface area contributed by atoms with E-state index in [1.165, 1.54) is 0 Å². The van der Waals surface area contributed by atoms with Gasteiger partial charge < -0.3 is 14.0 Å². The monoisotopic (exact) mass is 362 g/mol. The van der Waals surface area contributed by atoms with Crippen LogP contribution in [0.4, 0.5) is 0 Å². The summed E-state index contributed by atoms with van der Waals surface area (Å²) in [6.07, 6.45) is 0.937. The summed E-state index contributed by atoms with van der Waals surface area (Å²) in [5, 5.41) is 10.0. The van der Waals surface area contributed by atoms with Crippen LogP contribution in [0.3, 0.4) is 0 Å². The highest BCUT2D eigenvalue weighted by atomic mass is 28.4. The smallest absolute Gasteiger partial charge is 0.192 e. The normalized spacial score (nSPS) is 17.2. The van der Waals surface area contributed by atoms with Gasteiger partial charge in [-0.05, 0) is 42.7 Å². The summed E-state index contributed by atoms with van der Waals surface area (Å²) in [6.45, 7) is 25.6. The molecular weight excluding hydrogens is 320 g/mol. The molecule has 0 unspecified atom stereocenters. The molecular formula is C18H42O3Si2. The number of aliphatic hydroxyl groups is 1. The summed E-state index contributed by atoms with van der Waals surface area (Å²) in [4.78, 5) is 0. The van der Waals surface area contributed by atoms with Gasteiger partial charge in [0.15, 0.2) is 16.6 Å². The summed E-state index contributed by atoms with van der Waals surface area (Å²) >= 11 is 0. The Morgan fingerprint density at radius 3 is 1.65 bits per heavy atom. The zero-order valence-corrected chi connectivity index (χ0v) is 19.5. The van der Waals surface area contributed by atoms with E-state index >= 15 is 0 Å². The standard InChI is InChI=1S/C18H42O3Si2/c1-15(14-19)16(21-23(10,11)18(5,6)7)12-13-20-22(8,9)17(2,3)4/h15-16,19H,12-14H2,1-11H3/t15-,16-/m1/s1. The van der Waals surface area contributed by atoms with E-state index in [1.807, 2.05) is 0 Å². The fourth-order valence-corrected chi connectivity index (χ4v) is 4.30. The fourth-order valence-electron chi connectivity index (χ4n) is 1.78. The van der Waals surface area contributed by atoms with Crippen molar-refractivity contribution < 1.29 is 14.0 Å². The first kappa shape index (κ1) is 23.3. The van der Waals surface area contributed by atoms with Crippen LogP contribution in [0.5, 0.6) is 0 Å². The molecule has 5 heteroatoms. The molecule has 2 atom stereocenters. The molecule has 0 spiro atoms. The van der Waals surface area contributed by atoms with E-state index in [-0.39, 0.29) is 28.7 Å². The maximum atomic E-state index is 9.60. The first-order valence-corrected chi connectivity index (χ1v) is 14.8. The van der Waals surface area contributed by atoms with Crippen molar-refractivity contribution in [2.75, 3.05) is 13.2 Å². The van der Waals surface area contributed by atoms with E-state index in [1.54, 1.807) is 0 Å². The van der Waals surface area contributed by atoms with Gasteiger partial charge in [-0.1, -0.05) is 48.5 Å². The lowest BCUT2D eigenvalue weighted by atomic mass is 10.0. The van der Waals surface area contributed by atoms with Gasteiger partial charge in [-0.3, -0.25) is 0 Å². The van der Waals surface area contributed by atoms with Gasteiger partial charge in [0, 0.05) is 19.1 Å². The minimum atomic E-state index is -1.83. The van der Waals surface area contributed by atoms with Crippen LogP contribution in [0.1, 0.15) is 54.9 Å². The molecule has 23 heavy (non-hydrogen) atoms. The first-order chi connectivity index (χ1) is 10.0. The van der Waals surface area contributed by atoms with Crippen LogP contribution in [-0.2, 0) is 8.85 Å². The Morgan fingerprint density at radius 2 is 1.30 bits per heavy atom. The molecule has 0 rings (SSSR count). The molecule has 0 aliphatic carbocycles. The predicted octanol–water partition coefficient (Wildman–Crippen LogP) is 5.42. The highest BCUT2D eigenvalue weighted by molar-refractivity contribution is 6.74. The lowest BCUT2D eigenvalue weighted by Crippen LogP contribution is -2.47. The molecule has 0 saturated carbocycles. The molecule has 0 aromatic rings. The van der Waals surface area contributed by atoms with Crippen LogP contribution < -0.4 is 0 Å². The van der Waals surface area contributed by atoms with Crippen molar-refractivity contribution in [3.05, 3.63) is 0 Å². The van der Waals surface area contributed by atoms with Crippen molar-refractivity contribution in [2.45, 2.75) is 97.3 Å². The lowest BCUT2D eigenvalue weighted by molar-refractivity contribution is 0.0654. The van der Waals surface area contributed by atoms with Crippen molar-refractivity contribution >= 4 is 16.6 Å². The Morgan fingerprint density at radius 1 is 0.870 bits per heavy atom. The second-order valence-corrected chi connectivity index (χ2v) is 19.5. The molecule has 0 aromatic carbocycles. The average Bonchev–Trinajstić information content (AvgIpc) is 2.33. The Bertz CT molecular complexity index is 354. The Kier molecular flexibility index (Phi) is 8.24. The van der Waals surface area contributed by atoms with Gasteiger partial charge in [-0.25, -0.2) is 0 Å². The van der Waals surface area contributed by atoms with Crippen LogP contribution in [-0.4, -0.2) is 41.1 Å². The SMILES string of the molecule is C[C@H](CO)[C@@H](CCO[Si](C)(C)C(C)(C)C)O[Si](C)(C)C(C)(C)C. The highest BCUT2D eigenvalue weighted by Crippen LogP contribution is 2.39. The third-order valence-corrected chi connectivity index (χ3v) is 14.9. The molecule has 0 amide bonds. The second-order valence-electron chi connectivity index (χ2n) is 9.97. The first-order valence-electron chi connectivity index (χ1n) is 8.98. The summed E-state index contributed by atoms with van der Waals surface area (Å²) in [7, 11) is -3.55. The highest BCUT2D eigenvalue weighted by Gasteiger charge is 2.41. The minimum absolute atomic E-state index is 0.0747. The van der Waals surface area contributed by atoms with Gasteiger partial charge in [0.05, 0.1) is 6.10 Å². The molecule has 140 valence electrons. The zero-order valence-electron chi connectivity index (χ0n) is 17.5. The van der Waals surface area contributed by atoms with E-state index in [4.69, 9.17) is 8.85 Å². The van der Waals surface area contributed by atoms with Gasteiger partial charge in [0.1, 0.15) is 0 Å². The Hall–Kier alpha value is 0.314. The van der Waals surface area contributed by atoms with Crippen molar-refractivity contribution in [3.8, 4) is 0 Å². The second kappa shape index (κ2) is 8.13. The Labute approximate surface area is 147 Å². The third-order valence-electron chi connectivity index (χ3n) is 5.85. The van der Waals surface area contributed by atoms with E-state index < -0.39 is 16.6 Å². The van der Waals surface area contributed by atoms with Crippen LogP contribution in [0.25, 0.3) is 0 Å². The van der Waals surface area contributed by atoms with E-state index in [0.29, 0.717) is 0 Å². The summed E-state index contributed by atoms with van der Waals surface area (Å²) in [6, 6.07) is 0. The molecule has 0 heterocycles. The number of rotatable bonds is 8. The van der Waals surface area contributed by atoms with Crippen molar-refractivity contribution in [1.29, 1.82) is 0 Å². The summed E-state index contributed by atoms with van der Waals surface area (Å²) in [5.74, 6) is 0.146. The van der Waals surface area contributed by atoms with Crippen LogP contribution in [0, 0.1) is 5.92 Å². The topological polar surface area (TPSA) is 38.7 Å². The van der Waals surface area contributed by atoms with Gasteiger partial charge in [0.25, 0.3) is 0 Å². The molecule has 0 aliphatic heterocycles. The molecule has 3 nitrogen and oxygen atoms in total.